The van der Waals surface area contributed by atoms with Crippen molar-refractivity contribution in [3.05, 3.63) is 41.7 Å². The minimum absolute atomic E-state index is 0.0252. The maximum absolute atomic E-state index is 13.6. The average Bonchev–Trinajstić information content (AvgIpc) is 3.22. The van der Waals surface area contributed by atoms with Crippen molar-refractivity contribution in [1.82, 2.24) is 15.3 Å². The van der Waals surface area contributed by atoms with Crippen LogP contribution in [0.5, 0.6) is 0 Å². The summed E-state index contributed by atoms with van der Waals surface area (Å²) in [5.41, 5.74) is 1.16. The van der Waals surface area contributed by atoms with Crippen LogP contribution in [0.15, 0.2) is 30.3 Å². The highest BCUT2D eigenvalue weighted by Gasteiger charge is 2.35. The van der Waals surface area contributed by atoms with Crippen molar-refractivity contribution in [3.63, 3.8) is 0 Å². The standard InChI is InChI=1S/C29H41FN6S/c1-22-10-4-9-19-36(22)26-20-25(35-17-7-2-3-8-18-35)32-27(33-26)34-28(37)31-21-29(15-5-6-16-29)23-11-13-24(30)14-12-23/h11-14,20,22H,2-10,15-19,21H2,1H3,(H2,31,32,33,34,37)/t22-/m1/s1. The second kappa shape index (κ2) is 11.9. The molecule has 3 aliphatic rings. The Labute approximate surface area is 226 Å². The van der Waals surface area contributed by atoms with Crippen molar-refractivity contribution in [2.45, 2.75) is 89.0 Å². The lowest BCUT2D eigenvalue weighted by atomic mass is 9.79. The number of benzene rings is 1. The van der Waals surface area contributed by atoms with Crippen LogP contribution in [0, 0.1) is 5.82 Å². The fraction of sp³-hybridized carbons (Fsp3) is 0.621. The number of nitrogens with zero attached hydrogens (tertiary/aromatic N) is 4. The van der Waals surface area contributed by atoms with E-state index in [9.17, 15) is 4.39 Å². The van der Waals surface area contributed by atoms with Crippen LogP contribution in [-0.4, -0.2) is 47.3 Å². The zero-order valence-electron chi connectivity index (χ0n) is 22.1. The molecule has 0 bridgehead atoms. The van der Waals surface area contributed by atoms with Crippen LogP contribution in [0.25, 0.3) is 0 Å². The van der Waals surface area contributed by atoms with Gasteiger partial charge in [-0.1, -0.05) is 37.8 Å². The van der Waals surface area contributed by atoms with E-state index in [4.69, 9.17) is 22.2 Å². The molecule has 0 unspecified atom stereocenters. The van der Waals surface area contributed by atoms with Gasteiger partial charge in [0.2, 0.25) is 5.95 Å². The van der Waals surface area contributed by atoms with E-state index < -0.39 is 0 Å². The molecule has 0 amide bonds. The number of hydrogen-bond donors (Lipinski definition) is 2. The third-order valence-electron chi connectivity index (χ3n) is 8.56. The maximum atomic E-state index is 13.6. The number of thiocarbonyl (C=S) groups is 1. The van der Waals surface area contributed by atoms with Gasteiger partial charge in [-0.15, -0.1) is 0 Å². The van der Waals surface area contributed by atoms with Gasteiger partial charge in [-0.25, -0.2) is 4.39 Å². The molecule has 3 heterocycles. The van der Waals surface area contributed by atoms with Crippen molar-refractivity contribution in [3.8, 4) is 0 Å². The number of anilines is 3. The molecule has 2 N–H and O–H groups in total. The van der Waals surface area contributed by atoms with Crippen LogP contribution >= 0.6 is 12.2 Å². The van der Waals surface area contributed by atoms with Crippen LogP contribution in [0.4, 0.5) is 22.0 Å². The summed E-state index contributed by atoms with van der Waals surface area (Å²) in [6, 6.07) is 9.64. The zero-order chi connectivity index (χ0) is 25.7. The topological polar surface area (TPSA) is 56.3 Å². The van der Waals surface area contributed by atoms with Crippen LogP contribution in [0.2, 0.25) is 0 Å². The molecular weight excluding hydrogens is 483 g/mol. The van der Waals surface area contributed by atoms with E-state index in [0.29, 0.717) is 23.6 Å². The Morgan fingerprint density at radius 1 is 0.946 bits per heavy atom. The summed E-state index contributed by atoms with van der Waals surface area (Å²) in [6.07, 6.45) is 13.1. The largest absolute Gasteiger partial charge is 0.361 e. The second-order valence-corrected chi connectivity index (χ2v) is 11.6. The molecule has 1 aliphatic carbocycles. The molecule has 3 fully saturated rings. The van der Waals surface area contributed by atoms with Crippen molar-refractivity contribution in [1.29, 1.82) is 0 Å². The monoisotopic (exact) mass is 524 g/mol. The Hall–Kier alpha value is -2.48. The van der Waals surface area contributed by atoms with E-state index in [2.05, 4.69) is 33.4 Å². The van der Waals surface area contributed by atoms with Crippen LogP contribution in [0.1, 0.15) is 83.1 Å². The van der Waals surface area contributed by atoms with Crippen molar-refractivity contribution < 1.29 is 4.39 Å². The summed E-state index contributed by atoms with van der Waals surface area (Å²) in [5, 5.41) is 7.32. The van der Waals surface area contributed by atoms with Gasteiger partial charge < -0.3 is 20.4 Å². The van der Waals surface area contributed by atoms with Gasteiger partial charge in [0.15, 0.2) is 5.11 Å². The minimum atomic E-state index is -0.192. The predicted octanol–water partition coefficient (Wildman–Crippen LogP) is 6.17. The molecule has 1 aromatic carbocycles. The van der Waals surface area contributed by atoms with Gasteiger partial charge in [-0.05, 0) is 81.8 Å². The summed E-state index contributed by atoms with van der Waals surface area (Å²) in [5.74, 6) is 2.36. The molecule has 1 saturated carbocycles. The van der Waals surface area contributed by atoms with Crippen molar-refractivity contribution >= 4 is 34.9 Å². The lowest BCUT2D eigenvalue weighted by Gasteiger charge is -2.35. The summed E-state index contributed by atoms with van der Waals surface area (Å²) in [6.45, 7) is 6.11. The number of halogens is 1. The normalized spacial score (nSPS) is 21.9. The summed E-state index contributed by atoms with van der Waals surface area (Å²) in [7, 11) is 0. The van der Waals surface area contributed by atoms with Gasteiger partial charge in [0.1, 0.15) is 17.5 Å². The molecule has 2 aliphatic heterocycles. The number of hydrogen-bond acceptors (Lipinski definition) is 5. The predicted molar refractivity (Wildman–Crippen MR) is 154 cm³/mol. The molecule has 2 aromatic rings. The van der Waals surface area contributed by atoms with E-state index in [1.165, 1.54) is 63.4 Å². The number of nitrogens with one attached hydrogen (secondary N) is 2. The Morgan fingerprint density at radius 2 is 1.62 bits per heavy atom. The van der Waals surface area contributed by atoms with Gasteiger partial charge in [0.05, 0.1) is 0 Å². The Kier molecular flexibility index (Phi) is 8.43. The number of aromatic nitrogens is 2. The third kappa shape index (κ3) is 6.33. The maximum Gasteiger partial charge on any atom is 0.232 e. The van der Waals surface area contributed by atoms with Gasteiger partial charge in [-0.2, -0.15) is 9.97 Å². The Morgan fingerprint density at radius 3 is 2.32 bits per heavy atom. The molecule has 200 valence electrons. The smallest absolute Gasteiger partial charge is 0.232 e. The summed E-state index contributed by atoms with van der Waals surface area (Å²) < 4.78 is 13.6. The SMILES string of the molecule is C[C@@H]1CCCCN1c1cc(N2CCCCCC2)nc(NC(=S)NCC2(c3ccc(F)cc3)CCCC2)n1. The highest BCUT2D eigenvalue weighted by atomic mass is 32.1. The molecule has 2 saturated heterocycles. The molecule has 6 nitrogen and oxygen atoms in total. The summed E-state index contributed by atoms with van der Waals surface area (Å²) in [4.78, 5) is 14.7. The van der Waals surface area contributed by atoms with Gasteiger partial charge in [-0.3, -0.25) is 0 Å². The van der Waals surface area contributed by atoms with E-state index in [0.717, 1.165) is 44.1 Å². The third-order valence-corrected chi connectivity index (χ3v) is 8.80. The van der Waals surface area contributed by atoms with Crippen LogP contribution < -0.4 is 20.4 Å². The molecule has 8 heteroatoms. The first-order chi connectivity index (χ1) is 18.0. The Balaban J connectivity index is 1.33. The molecule has 0 radical (unpaired) electrons. The van der Waals surface area contributed by atoms with Crippen LogP contribution in [-0.2, 0) is 5.41 Å². The van der Waals surface area contributed by atoms with Gasteiger partial charge in [0.25, 0.3) is 0 Å². The highest BCUT2D eigenvalue weighted by molar-refractivity contribution is 7.80. The number of rotatable bonds is 6. The van der Waals surface area contributed by atoms with E-state index in [1.807, 2.05) is 12.1 Å². The van der Waals surface area contributed by atoms with Crippen molar-refractivity contribution in [2.24, 2.45) is 0 Å². The highest BCUT2D eigenvalue weighted by Crippen LogP contribution is 2.40. The van der Waals surface area contributed by atoms with Crippen molar-refractivity contribution in [2.75, 3.05) is 41.3 Å². The zero-order valence-corrected chi connectivity index (χ0v) is 23.0. The lowest BCUT2D eigenvalue weighted by molar-refractivity contribution is 0.434. The van der Waals surface area contributed by atoms with Gasteiger partial charge in [0, 0.05) is 43.7 Å². The fourth-order valence-electron chi connectivity index (χ4n) is 6.34. The Bertz CT molecular complexity index is 1050. The molecule has 0 spiro atoms. The molecule has 1 aromatic heterocycles. The van der Waals surface area contributed by atoms with E-state index >= 15 is 0 Å². The minimum Gasteiger partial charge on any atom is -0.361 e. The fourth-order valence-corrected chi connectivity index (χ4v) is 6.51. The number of piperidine rings is 1. The van der Waals surface area contributed by atoms with Gasteiger partial charge >= 0.3 is 0 Å². The molecule has 5 rings (SSSR count). The van der Waals surface area contributed by atoms with Crippen LogP contribution in [0.3, 0.4) is 0 Å². The van der Waals surface area contributed by atoms with E-state index in [-0.39, 0.29) is 11.2 Å². The average molecular weight is 525 g/mol. The first-order valence-electron chi connectivity index (χ1n) is 14.2. The second-order valence-electron chi connectivity index (χ2n) is 11.1. The summed E-state index contributed by atoms with van der Waals surface area (Å²) >= 11 is 5.75. The quantitative estimate of drug-likeness (QED) is 0.438. The molecule has 37 heavy (non-hydrogen) atoms. The molecular formula is C29H41FN6S. The molecule has 1 atom stereocenters. The first-order valence-corrected chi connectivity index (χ1v) is 14.6. The lowest BCUT2D eigenvalue weighted by Crippen LogP contribution is -2.41. The van der Waals surface area contributed by atoms with E-state index in [1.54, 1.807) is 12.1 Å². The first kappa shape index (κ1) is 26.1.